The number of benzene rings is 1. The van der Waals surface area contributed by atoms with Gasteiger partial charge >= 0.3 is 5.97 Å². The van der Waals surface area contributed by atoms with E-state index in [2.05, 4.69) is 0 Å². The zero-order valence-corrected chi connectivity index (χ0v) is 10.5. The van der Waals surface area contributed by atoms with Crippen molar-refractivity contribution in [3.8, 4) is 0 Å². The van der Waals surface area contributed by atoms with Crippen molar-refractivity contribution in [3.63, 3.8) is 0 Å². The van der Waals surface area contributed by atoms with Crippen LogP contribution in [0, 0.1) is 5.82 Å². The summed E-state index contributed by atoms with van der Waals surface area (Å²) in [5.41, 5.74) is 0. The third-order valence-corrected chi connectivity index (χ3v) is 3.03. The monoisotopic (exact) mass is 254 g/mol. The molecule has 17 heavy (non-hydrogen) atoms. The molecule has 0 N–H and O–H groups in total. The molecule has 0 amide bonds. The van der Waals surface area contributed by atoms with Crippen molar-refractivity contribution in [1.82, 2.24) is 0 Å². The number of ether oxygens (including phenoxy) is 1. The Balaban J connectivity index is 2.24. The quantitative estimate of drug-likeness (QED) is 0.442. The number of esters is 1. The summed E-state index contributed by atoms with van der Waals surface area (Å²) in [4.78, 5) is 11.8. The van der Waals surface area contributed by atoms with Crippen molar-refractivity contribution >= 4 is 17.7 Å². The Morgan fingerprint density at radius 2 is 2.24 bits per heavy atom. The van der Waals surface area contributed by atoms with Crippen LogP contribution in [0.4, 0.5) is 4.39 Å². The van der Waals surface area contributed by atoms with Crippen molar-refractivity contribution in [2.45, 2.75) is 18.2 Å². The second-order valence-electron chi connectivity index (χ2n) is 3.28. The Morgan fingerprint density at radius 3 is 2.94 bits per heavy atom. The summed E-state index contributed by atoms with van der Waals surface area (Å²) in [7, 11) is 0. The molecule has 0 saturated heterocycles. The molecule has 1 aromatic carbocycles. The Kier molecular flexibility index (Phi) is 6.40. The Morgan fingerprint density at radius 1 is 1.47 bits per heavy atom. The van der Waals surface area contributed by atoms with Crippen molar-refractivity contribution in [3.05, 3.63) is 42.2 Å². The molecule has 0 aromatic heterocycles. The second-order valence-corrected chi connectivity index (χ2v) is 4.42. The highest BCUT2D eigenvalue weighted by molar-refractivity contribution is 7.99. The van der Waals surface area contributed by atoms with Crippen LogP contribution in [0.3, 0.4) is 0 Å². The predicted octanol–water partition coefficient (Wildman–Crippen LogP) is 3.43. The van der Waals surface area contributed by atoms with Crippen LogP contribution in [0.25, 0.3) is 0 Å². The summed E-state index contributed by atoms with van der Waals surface area (Å²) in [5.74, 6) is 0.0158. The maximum Gasteiger partial charge on any atom is 0.306 e. The summed E-state index contributed by atoms with van der Waals surface area (Å²) >= 11 is 1.32. The first-order valence-electron chi connectivity index (χ1n) is 5.38. The van der Waals surface area contributed by atoms with Gasteiger partial charge in [0.25, 0.3) is 0 Å². The molecule has 4 heteroatoms. The minimum absolute atomic E-state index is 0.250. The van der Waals surface area contributed by atoms with Crippen molar-refractivity contribution in [2.75, 3.05) is 12.4 Å². The van der Waals surface area contributed by atoms with Gasteiger partial charge in [-0.15, -0.1) is 11.8 Å². The van der Waals surface area contributed by atoms with E-state index in [1.54, 1.807) is 24.3 Å². The molecule has 0 aliphatic heterocycles. The van der Waals surface area contributed by atoms with Gasteiger partial charge in [-0.2, -0.15) is 0 Å². The number of thioether (sulfide) groups is 1. The Labute approximate surface area is 105 Å². The highest BCUT2D eigenvalue weighted by Gasteiger charge is 2.05. The third kappa shape index (κ3) is 5.54. The first kappa shape index (κ1) is 13.8. The topological polar surface area (TPSA) is 26.3 Å². The van der Waals surface area contributed by atoms with Crippen LogP contribution in [0.5, 0.6) is 0 Å². The van der Waals surface area contributed by atoms with Crippen LogP contribution in [0.2, 0.25) is 0 Å². The van der Waals surface area contributed by atoms with Gasteiger partial charge in [0, 0.05) is 10.6 Å². The van der Waals surface area contributed by atoms with E-state index in [0.29, 0.717) is 17.3 Å². The van der Waals surface area contributed by atoms with Gasteiger partial charge in [0.15, 0.2) is 0 Å². The smallest absolute Gasteiger partial charge is 0.306 e. The summed E-state index contributed by atoms with van der Waals surface area (Å²) in [6, 6.07) is 6.53. The van der Waals surface area contributed by atoms with Gasteiger partial charge in [-0.25, -0.2) is 4.39 Å². The van der Waals surface area contributed by atoms with Gasteiger partial charge in [0.2, 0.25) is 0 Å². The predicted molar refractivity (Wildman–Crippen MR) is 67.5 cm³/mol. The van der Waals surface area contributed by atoms with Gasteiger partial charge in [0.05, 0.1) is 6.42 Å². The number of halogens is 1. The molecule has 1 aromatic rings. The van der Waals surface area contributed by atoms with Gasteiger partial charge < -0.3 is 4.74 Å². The van der Waals surface area contributed by atoms with Gasteiger partial charge in [-0.1, -0.05) is 24.3 Å². The van der Waals surface area contributed by atoms with E-state index in [1.807, 2.05) is 13.0 Å². The van der Waals surface area contributed by atoms with Crippen LogP contribution in [0.15, 0.2) is 41.3 Å². The lowest BCUT2D eigenvalue weighted by atomic mass is 10.3. The van der Waals surface area contributed by atoms with E-state index < -0.39 is 0 Å². The molecule has 0 radical (unpaired) electrons. The average molecular weight is 254 g/mol. The van der Waals surface area contributed by atoms with E-state index in [9.17, 15) is 9.18 Å². The number of carbonyl (C=O) groups excluding carboxylic acids is 1. The minimum atomic E-state index is -0.257. The molecular formula is C13H15FO2S. The molecule has 0 bridgehead atoms. The number of hydrogen-bond acceptors (Lipinski definition) is 3. The molecule has 0 unspecified atom stereocenters. The van der Waals surface area contributed by atoms with Crippen LogP contribution >= 0.6 is 11.8 Å². The maximum atomic E-state index is 13.2. The van der Waals surface area contributed by atoms with Crippen molar-refractivity contribution in [2.24, 2.45) is 0 Å². The van der Waals surface area contributed by atoms with E-state index in [4.69, 9.17) is 4.74 Å². The van der Waals surface area contributed by atoms with E-state index in [1.165, 1.54) is 17.8 Å². The second kappa shape index (κ2) is 7.90. The highest BCUT2D eigenvalue weighted by Crippen LogP contribution is 2.21. The fourth-order valence-corrected chi connectivity index (χ4v) is 1.98. The fraction of sp³-hybridized carbons (Fsp3) is 0.308. The Bertz CT molecular complexity index is 391. The third-order valence-electron chi connectivity index (χ3n) is 1.98. The zero-order valence-electron chi connectivity index (χ0n) is 9.69. The zero-order chi connectivity index (χ0) is 12.5. The lowest BCUT2D eigenvalue weighted by Gasteiger charge is -2.03. The summed E-state index contributed by atoms with van der Waals surface area (Å²) in [5, 5.41) is 0. The molecule has 0 spiro atoms. The minimum Gasteiger partial charge on any atom is -0.461 e. The molecule has 0 aliphatic carbocycles. The molecule has 1 rings (SSSR count). The molecule has 0 fully saturated rings. The summed E-state index contributed by atoms with van der Waals surface area (Å²) in [6.07, 6.45) is 3.87. The number of rotatable bonds is 6. The van der Waals surface area contributed by atoms with E-state index >= 15 is 0 Å². The molecule has 92 valence electrons. The normalized spacial score (nSPS) is 10.7. The molecule has 0 aliphatic rings. The van der Waals surface area contributed by atoms with Crippen LogP contribution in [-0.4, -0.2) is 18.3 Å². The summed E-state index contributed by atoms with van der Waals surface area (Å²) < 4.78 is 18.1. The number of hydrogen-bond donors (Lipinski definition) is 0. The molecule has 2 nitrogen and oxygen atoms in total. The molecule has 0 saturated carbocycles. The summed E-state index contributed by atoms with van der Waals surface area (Å²) in [6.45, 7) is 2.17. The van der Waals surface area contributed by atoms with Crippen molar-refractivity contribution < 1.29 is 13.9 Å². The van der Waals surface area contributed by atoms with Crippen molar-refractivity contribution in [1.29, 1.82) is 0 Å². The maximum absolute atomic E-state index is 13.2. The van der Waals surface area contributed by atoms with E-state index in [-0.39, 0.29) is 18.2 Å². The van der Waals surface area contributed by atoms with Gasteiger partial charge in [-0.3, -0.25) is 4.79 Å². The largest absolute Gasteiger partial charge is 0.461 e. The first-order chi connectivity index (χ1) is 8.24. The molecule has 0 atom stereocenters. The van der Waals surface area contributed by atoms with Gasteiger partial charge in [-0.05, 0) is 19.1 Å². The molecular weight excluding hydrogens is 239 g/mol. The van der Waals surface area contributed by atoms with E-state index in [0.717, 1.165) is 0 Å². The van der Waals surface area contributed by atoms with Gasteiger partial charge in [0.1, 0.15) is 12.4 Å². The Hall–Kier alpha value is -1.29. The SMILES string of the molecule is C/C=C/COC(=O)CCSc1ccccc1F. The van der Waals surface area contributed by atoms with Crippen LogP contribution in [0.1, 0.15) is 13.3 Å². The van der Waals surface area contributed by atoms with Crippen LogP contribution in [-0.2, 0) is 9.53 Å². The lowest BCUT2D eigenvalue weighted by molar-refractivity contribution is -0.141. The lowest BCUT2D eigenvalue weighted by Crippen LogP contribution is -2.05. The average Bonchev–Trinajstić information content (AvgIpc) is 2.32. The number of allylic oxidation sites excluding steroid dienone is 1. The standard InChI is InChI=1S/C13H15FO2S/c1-2-3-9-16-13(15)8-10-17-12-7-5-4-6-11(12)14/h2-7H,8-10H2,1H3/b3-2+. The highest BCUT2D eigenvalue weighted by atomic mass is 32.2. The first-order valence-corrected chi connectivity index (χ1v) is 6.36. The number of carbonyl (C=O) groups is 1. The molecule has 0 heterocycles. The van der Waals surface area contributed by atoms with Crippen LogP contribution < -0.4 is 0 Å². The fourth-order valence-electron chi connectivity index (χ4n) is 1.12.